The molecule has 4 unspecified atom stereocenters. The third-order valence-electron chi connectivity index (χ3n) is 8.60. The molecule has 0 aromatic carbocycles. The zero-order chi connectivity index (χ0) is 30.1. The molecule has 3 N–H and O–H groups in total. The van der Waals surface area contributed by atoms with E-state index in [9.17, 15) is 37.6 Å². The van der Waals surface area contributed by atoms with Gasteiger partial charge in [0.25, 0.3) is 0 Å². The molecule has 1 saturated carbocycles. The monoisotopic (exact) mass is 569 g/mol. The zero-order valence-electron chi connectivity index (χ0n) is 24.0. The maximum atomic E-state index is 13.8. The summed E-state index contributed by atoms with van der Waals surface area (Å²) in [5.41, 5.74) is -1.77. The van der Waals surface area contributed by atoms with Crippen molar-refractivity contribution in [3.8, 4) is 6.07 Å². The number of halogens is 3. The van der Waals surface area contributed by atoms with Gasteiger partial charge in [-0.3, -0.25) is 19.2 Å². The number of carbonyl (C=O) groups is 4. The second-order valence-corrected chi connectivity index (χ2v) is 13.6. The van der Waals surface area contributed by atoms with Gasteiger partial charge in [0.2, 0.25) is 17.7 Å². The average molecular weight is 570 g/mol. The number of amides is 4. The summed E-state index contributed by atoms with van der Waals surface area (Å²) in [5, 5.41) is 17.3. The maximum absolute atomic E-state index is 13.8. The fourth-order valence-corrected chi connectivity index (χ4v) is 6.30. The molecular formula is C28H42F3N5O4. The van der Waals surface area contributed by atoms with Gasteiger partial charge in [-0.25, -0.2) is 0 Å². The van der Waals surface area contributed by atoms with E-state index in [1.54, 1.807) is 20.8 Å². The topological polar surface area (TPSA) is 131 Å². The molecule has 3 fully saturated rings. The molecule has 40 heavy (non-hydrogen) atoms. The normalized spacial score (nSPS) is 25.9. The van der Waals surface area contributed by atoms with Crippen LogP contribution in [0.15, 0.2) is 0 Å². The van der Waals surface area contributed by atoms with Crippen LogP contribution in [0, 0.1) is 28.1 Å². The summed E-state index contributed by atoms with van der Waals surface area (Å²) in [7, 11) is 0. The smallest absolute Gasteiger partial charge is 0.351 e. The van der Waals surface area contributed by atoms with Crippen LogP contribution in [-0.2, 0) is 19.2 Å². The zero-order valence-corrected chi connectivity index (χ0v) is 24.0. The lowest BCUT2D eigenvalue weighted by atomic mass is 9.72. The van der Waals surface area contributed by atoms with Gasteiger partial charge in [-0.1, -0.05) is 40.0 Å². The molecule has 12 heteroatoms. The van der Waals surface area contributed by atoms with Crippen LogP contribution >= 0.6 is 0 Å². The summed E-state index contributed by atoms with van der Waals surface area (Å²) in [4.78, 5) is 53.1. The number of likely N-dealkylation sites (tertiary alicyclic amines) is 1. The molecule has 4 atom stereocenters. The second-order valence-electron chi connectivity index (χ2n) is 13.6. The Bertz CT molecular complexity index is 1040. The lowest BCUT2D eigenvalue weighted by molar-refractivity contribution is -0.176. The third kappa shape index (κ3) is 7.46. The molecule has 2 aliphatic heterocycles. The first kappa shape index (κ1) is 31.7. The van der Waals surface area contributed by atoms with Crippen LogP contribution in [0.1, 0.15) is 92.4 Å². The van der Waals surface area contributed by atoms with Gasteiger partial charge in [-0.2, -0.15) is 18.4 Å². The first-order chi connectivity index (χ1) is 18.4. The van der Waals surface area contributed by atoms with E-state index in [1.165, 1.54) is 4.90 Å². The Labute approximate surface area is 234 Å². The fourth-order valence-electron chi connectivity index (χ4n) is 6.30. The highest BCUT2D eigenvalue weighted by atomic mass is 19.4. The Morgan fingerprint density at radius 3 is 2.25 bits per heavy atom. The summed E-state index contributed by atoms with van der Waals surface area (Å²) in [6.45, 7) is 8.68. The molecular weight excluding hydrogens is 527 g/mol. The van der Waals surface area contributed by atoms with Crippen LogP contribution in [0.3, 0.4) is 0 Å². The summed E-state index contributed by atoms with van der Waals surface area (Å²) >= 11 is 0. The fraction of sp³-hybridized carbons (Fsp3) is 0.821. The molecule has 3 aliphatic rings. The standard InChI is InChI=1S/C28H42F3N5O4/c1-25(2,3)20(34-24(40)28(29,30)31)23(39)36-16-27(10-7-6-8-11-27)14-19(36)22(38)33-18(15-32)13-17-9-12-26(4,5)35-21(17)37/h17-20H,6-14,16H2,1-5H3,(H,33,38)(H,34,40)(H,35,37). The Morgan fingerprint density at radius 2 is 1.73 bits per heavy atom. The van der Waals surface area contributed by atoms with Gasteiger partial charge in [-0.15, -0.1) is 0 Å². The predicted octanol–water partition coefficient (Wildman–Crippen LogP) is 3.33. The highest BCUT2D eigenvalue weighted by Crippen LogP contribution is 2.47. The van der Waals surface area contributed by atoms with E-state index in [-0.39, 0.29) is 29.8 Å². The van der Waals surface area contributed by atoms with Gasteiger partial charge in [0.05, 0.1) is 6.07 Å². The number of alkyl halides is 3. The van der Waals surface area contributed by atoms with Crippen molar-refractivity contribution < 1.29 is 32.3 Å². The number of carbonyl (C=O) groups excluding carboxylic acids is 4. The van der Waals surface area contributed by atoms with Gasteiger partial charge in [-0.05, 0) is 63.2 Å². The van der Waals surface area contributed by atoms with Crippen LogP contribution in [0.5, 0.6) is 0 Å². The lowest BCUT2D eigenvalue weighted by Gasteiger charge is -2.37. The summed E-state index contributed by atoms with van der Waals surface area (Å²) < 4.78 is 39.3. The Morgan fingerprint density at radius 1 is 1.10 bits per heavy atom. The molecule has 1 spiro atoms. The molecule has 224 valence electrons. The molecule has 2 heterocycles. The van der Waals surface area contributed by atoms with Crippen molar-refractivity contribution in [1.29, 1.82) is 5.26 Å². The van der Waals surface area contributed by atoms with Gasteiger partial charge in [0.15, 0.2) is 0 Å². The van der Waals surface area contributed by atoms with E-state index < -0.39 is 53.4 Å². The number of hydrogen-bond acceptors (Lipinski definition) is 5. The summed E-state index contributed by atoms with van der Waals surface area (Å²) in [6.07, 6.45) is 0.955. The van der Waals surface area contributed by atoms with Crippen LogP contribution in [-0.4, -0.2) is 64.9 Å². The van der Waals surface area contributed by atoms with Crippen molar-refractivity contribution in [1.82, 2.24) is 20.9 Å². The molecule has 0 bridgehead atoms. The van der Waals surface area contributed by atoms with Crippen molar-refractivity contribution in [2.24, 2.45) is 16.7 Å². The minimum atomic E-state index is -5.17. The Balaban J connectivity index is 1.82. The van der Waals surface area contributed by atoms with E-state index >= 15 is 0 Å². The van der Waals surface area contributed by atoms with Crippen molar-refractivity contribution in [2.75, 3.05) is 6.54 Å². The van der Waals surface area contributed by atoms with Crippen molar-refractivity contribution in [3.05, 3.63) is 0 Å². The minimum absolute atomic E-state index is 0.113. The molecule has 0 aromatic rings. The Hall–Kier alpha value is -2.84. The molecule has 1 aliphatic carbocycles. The molecule has 4 amide bonds. The highest BCUT2D eigenvalue weighted by Gasteiger charge is 2.52. The molecule has 9 nitrogen and oxygen atoms in total. The quantitative estimate of drug-likeness (QED) is 0.452. The van der Waals surface area contributed by atoms with E-state index in [0.717, 1.165) is 38.5 Å². The number of piperidine rings is 1. The second kappa shape index (κ2) is 11.6. The highest BCUT2D eigenvalue weighted by molar-refractivity contribution is 5.94. The van der Waals surface area contributed by atoms with E-state index in [2.05, 4.69) is 16.7 Å². The number of nitrogens with zero attached hydrogens (tertiary/aromatic N) is 2. The first-order valence-corrected chi connectivity index (χ1v) is 14.1. The number of hydrogen-bond donors (Lipinski definition) is 3. The Kier molecular flexibility index (Phi) is 9.16. The largest absolute Gasteiger partial charge is 0.471 e. The number of rotatable bonds is 6. The van der Waals surface area contributed by atoms with Crippen LogP contribution in [0.25, 0.3) is 0 Å². The van der Waals surface area contributed by atoms with E-state index in [4.69, 9.17) is 0 Å². The SMILES string of the molecule is CC1(C)CCC(CC(C#N)NC(=O)C2CC3(CCCCC3)CN2C(=O)C(NC(=O)C(F)(F)F)C(C)(C)C)C(=O)N1. The van der Waals surface area contributed by atoms with Gasteiger partial charge < -0.3 is 20.9 Å². The van der Waals surface area contributed by atoms with Crippen molar-refractivity contribution in [2.45, 2.75) is 122 Å². The summed E-state index contributed by atoms with van der Waals surface area (Å²) in [5.74, 6) is -4.18. The number of nitrogens with one attached hydrogen (secondary N) is 3. The first-order valence-electron chi connectivity index (χ1n) is 14.1. The van der Waals surface area contributed by atoms with E-state index in [1.807, 2.05) is 19.2 Å². The van der Waals surface area contributed by atoms with Crippen LogP contribution in [0.4, 0.5) is 13.2 Å². The van der Waals surface area contributed by atoms with Gasteiger partial charge in [0, 0.05) is 18.0 Å². The predicted molar refractivity (Wildman–Crippen MR) is 140 cm³/mol. The van der Waals surface area contributed by atoms with Crippen molar-refractivity contribution in [3.63, 3.8) is 0 Å². The summed E-state index contributed by atoms with van der Waals surface area (Å²) in [6, 6.07) is -1.45. The lowest BCUT2D eigenvalue weighted by Crippen LogP contribution is -2.59. The van der Waals surface area contributed by atoms with Crippen LogP contribution < -0.4 is 16.0 Å². The van der Waals surface area contributed by atoms with Gasteiger partial charge in [0.1, 0.15) is 18.1 Å². The minimum Gasteiger partial charge on any atom is -0.351 e. The van der Waals surface area contributed by atoms with Gasteiger partial charge >= 0.3 is 12.1 Å². The molecule has 2 saturated heterocycles. The molecule has 0 aromatic heterocycles. The molecule has 0 radical (unpaired) electrons. The van der Waals surface area contributed by atoms with Crippen molar-refractivity contribution >= 4 is 23.6 Å². The maximum Gasteiger partial charge on any atom is 0.471 e. The van der Waals surface area contributed by atoms with Crippen LogP contribution in [0.2, 0.25) is 0 Å². The average Bonchev–Trinajstić information content (AvgIpc) is 3.20. The number of nitriles is 1. The third-order valence-corrected chi connectivity index (χ3v) is 8.60. The molecule has 3 rings (SSSR count). The van der Waals surface area contributed by atoms with E-state index in [0.29, 0.717) is 12.8 Å².